The van der Waals surface area contributed by atoms with Gasteiger partial charge in [0.05, 0.1) is 12.5 Å². The summed E-state index contributed by atoms with van der Waals surface area (Å²) in [4.78, 5) is 19.0. The minimum atomic E-state index is 0.0376. The molecule has 0 aliphatic carbocycles. The molecule has 0 spiro atoms. The summed E-state index contributed by atoms with van der Waals surface area (Å²) in [6.07, 6.45) is 1.95. The van der Waals surface area contributed by atoms with Gasteiger partial charge in [0.15, 0.2) is 0 Å². The average Bonchev–Trinajstić information content (AvgIpc) is 3.03. The first-order valence-electron chi connectivity index (χ1n) is 8.93. The summed E-state index contributed by atoms with van der Waals surface area (Å²) < 4.78 is 5.41. The van der Waals surface area contributed by atoms with Crippen LogP contribution in [0.15, 0.2) is 28.8 Å². The fraction of sp³-hybridized carbons (Fsp3) is 0.526. The van der Waals surface area contributed by atoms with Crippen LogP contribution in [-0.2, 0) is 11.3 Å². The Labute approximate surface area is 148 Å². The number of piperidine rings is 1. The van der Waals surface area contributed by atoms with Gasteiger partial charge in [-0.15, -0.1) is 0 Å². The number of aromatic nitrogens is 2. The van der Waals surface area contributed by atoms with Crippen LogP contribution in [0.2, 0.25) is 0 Å². The lowest BCUT2D eigenvalue weighted by Gasteiger charge is -2.31. The minimum absolute atomic E-state index is 0.0376. The van der Waals surface area contributed by atoms with Gasteiger partial charge in [0.1, 0.15) is 0 Å². The molecule has 1 aromatic carbocycles. The summed E-state index contributed by atoms with van der Waals surface area (Å²) in [7, 11) is 0. The second-order valence-electron chi connectivity index (χ2n) is 7.12. The molecule has 6 nitrogen and oxygen atoms in total. The van der Waals surface area contributed by atoms with Crippen LogP contribution in [0.4, 0.5) is 0 Å². The molecule has 6 heteroatoms. The molecule has 25 heavy (non-hydrogen) atoms. The highest BCUT2D eigenvalue weighted by atomic mass is 16.5. The molecule has 3 rings (SSSR count). The molecule has 1 aliphatic rings. The maximum absolute atomic E-state index is 12.2. The summed E-state index contributed by atoms with van der Waals surface area (Å²) in [6.45, 7) is 8.31. The van der Waals surface area contributed by atoms with E-state index in [1.54, 1.807) is 0 Å². The van der Waals surface area contributed by atoms with Crippen LogP contribution in [0.5, 0.6) is 0 Å². The number of nitrogens with one attached hydrogen (secondary N) is 1. The van der Waals surface area contributed by atoms with Gasteiger partial charge in [-0.3, -0.25) is 9.69 Å². The number of carbonyl (C=O) groups excluding carboxylic acids is 1. The normalized spacial score (nSPS) is 18.5. The molecule has 0 saturated carbocycles. The van der Waals surface area contributed by atoms with Gasteiger partial charge >= 0.3 is 0 Å². The van der Waals surface area contributed by atoms with E-state index in [1.807, 2.05) is 45.0 Å². The first kappa shape index (κ1) is 17.6. The molecule has 1 unspecified atom stereocenters. The molecule has 2 heterocycles. The zero-order valence-corrected chi connectivity index (χ0v) is 15.2. The highest BCUT2D eigenvalue weighted by Crippen LogP contribution is 2.20. The van der Waals surface area contributed by atoms with Crippen molar-refractivity contribution in [3.8, 4) is 11.4 Å². The van der Waals surface area contributed by atoms with Crippen molar-refractivity contribution in [1.82, 2.24) is 20.4 Å². The molecule has 0 radical (unpaired) electrons. The van der Waals surface area contributed by atoms with Crippen LogP contribution in [0.3, 0.4) is 0 Å². The lowest BCUT2D eigenvalue weighted by molar-refractivity contribution is -0.127. The summed E-state index contributed by atoms with van der Waals surface area (Å²) in [6, 6.07) is 8.24. The van der Waals surface area contributed by atoms with Crippen molar-refractivity contribution in [3.05, 3.63) is 35.7 Å². The molecule has 1 amide bonds. The molecule has 0 bridgehead atoms. The Morgan fingerprint density at radius 1 is 1.36 bits per heavy atom. The van der Waals surface area contributed by atoms with Crippen LogP contribution >= 0.6 is 0 Å². The smallest absolute Gasteiger partial charge is 0.241 e. The molecule has 1 fully saturated rings. The molecule has 1 N–H and O–H groups in total. The monoisotopic (exact) mass is 342 g/mol. The summed E-state index contributed by atoms with van der Waals surface area (Å²) in [5, 5.41) is 7.09. The van der Waals surface area contributed by atoms with E-state index < -0.39 is 0 Å². The zero-order valence-electron chi connectivity index (χ0n) is 15.2. The first-order valence-corrected chi connectivity index (χ1v) is 8.93. The van der Waals surface area contributed by atoms with Crippen molar-refractivity contribution < 1.29 is 9.32 Å². The fourth-order valence-electron chi connectivity index (χ4n) is 3.15. The Morgan fingerprint density at radius 3 is 2.84 bits per heavy atom. The molecule has 1 saturated heterocycles. The van der Waals surface area contributed by atoms with Crippen LogP contribution in [-0.4, -0.2) is 40.1 Å². The topological polar surface area (TPSA) is 71.3 Å². The van der Waals surface area contributed by atoms with Gasteiger partial charge in [-0.1, -0.05) is 35.0 Å². The van der Waals surface area contributed by atoms with E-state index in [-0.39, 0.29) is 17.9 Å². The average molecular weight is 342 g/mol. The molecular formula is C19H26N4O2. The number of hydrogen-bond donors (Lipinski definition) is 1. The van der Waals surface area contributed by atoms with Crippen LogP contribution in [0.1, 0.15) is 38.1 Å². The Balaban J connectivity index is 1.60. The van der Waals surface area contributed by atoms with Gasteiger partial charge in [-0.2, -0.15) is 4.98 Å². The largest absolute Gasteiger partial charge is 0.354 e. The van der Waals surface area contributed by atoms with Crippen LogP contribution in [0.25, 0.3) is 11.4 Å². The number of likely N-dealkylation sites (tertiary alicyclic amines) is 1. The Morgan fingerprint density at radius 2 is 2.12 bits per heavy atom. The van der Waals surface area contributed by atoms with E-state index >= 15 is 0 Å². The maximum atomic E-state index is 12.2. The van der Waals surface area contributed by atoms with Gasteiger partial charge in [-0.25, -0.2) is 0 Å². The lowest BCUT2D eigenvalue weighted by atomic mass is 9.97. The molecule has 1 aromatic heterocycles. The molecule has 1 aliphatic heterocycles. The standard InChI is InChI=1S/C19H26N4O2/c1-13(2)20-19(24)16-5-4-10-23(11-16)12-17-21-18(22-25-17)15-8-6-14(3)7-9-15/h6-9,13,16H,4-5,10-12H2,1-3H3,(H,20,24). The molecular weight excluding hydrogens is 316 g/mol. The highest BCUT2D eigenvalue weighted by molar-refractivity contribution is 5.79. The highest BCUT2D eigenvalue weighted by Gasteiger charge is 2.27. The van der Waals surface area contributed by atoms with E-state index in [0.717, 1.165) is 31.5 Å². The van der Waals surface area contributed by atoms with Crippen LogP contribution in [0, 0.1) is 12.8 Å². The SMILES string of the molecule is Cc1ccc(-c2noc(CN3CCCC(C(=O)NC(C)C)C3)n2)cc1. The number of benzene rings is 1. The third kappa shape index (κ3) is 4.66. The first-order chi connectivity index (χ1) is 12.0. The van der Waals surface area contributed by atoms with Crippen LogP contribution < -0.4 is 5.32 Å². The van der Waals surface area contributed by atoms with Gasteiger partial charge in [0, 0.05) is 18.2 Å². The molecule has 2 aromatic rings. The summed E-state index contributed by atoms with van der Waals surface area (Å²) in [5.74, 6) is 1.39. The third-order valence-electron chi connectivity index (χ3n) is 4.44. The maximum Gasteiger partial charge on any atom is 0.241 e. The van der Waals surface area contributed by atoms with Gasteiger partial charge in [0.2, 0.25) is 17.6 Å². The molecule has 1 atom stereocenters. The van der Waals surface area contributed by atoms with Crippen molar-refractivity contribution in [2.45, 2.75) is 46.2 Å². The predicted molar refractivity (Wildman–Crippen MR) is 95.8 cm³/mol. The van der Waals surface area contributed by atoms with Crippen molar-refractivity contribution in [1.29, 1.82) is 0 Å². The second-order valence-corrected chi connectivity index (χ2v) is 7.12. The number of amides is 1. The van der Waals surface area contributed by atoms with Crippen molar-refractivity contribution in [3.63, 3.8) is 0 Å². The summed E-state index contributed by atoms with van der Waals surface area (Å²) in [5.41, 5.74) is 2.15. The van der Waals surface area contributed by atoms with E-state index in [9.17, 15) is 4.79 Å². The van der Waals surface area contributed by atoms with Crippen molar-refractivity contribution in [2.75, 3.05) is 13.1 Å². The Kier molecular flexibility index (Phi) is 5.48. The van der Waals surface area contributed by atoms with E-state index in [2.05, 4.69) is 20.4 Å². The van der Waals surface area contributed by atoms with Gasteiger partial charge in [0.25, 0.3) is 0 Å². The van der Waals surface area contributed by atoms with Gasteiger partial charge < -0.3 is 9.84 Å². The van der Waals surface area contributed by atoms with E-state index in [4.69, 9.17) is 4.52 Å². The lowest BCUT2D eigenvalue weighted by Crippen LogP contribution is -2.44. The number of hydrogen-bond acceptors (Lipinski definition) is 5. The minimum Gasteiger partial charge on any atom is -0.354 e. The predicted octanol–water partition coefficient (Wildman–Crippen LogP) is 2.78. The summed E-state index contributed by atoms with van der Waals surface area (Å²) >= 11 is 0. The number of rotatable bonds is 5. The quantitative estimate of drug-likeness (QED) is 0.905. The van der Waals surface area contributed by atoms with Gasteiger partial charge in [-0.05, 0) is 40.2 Å². The van der Waals surface area contributed by atoms with Crippen molar-refractivity contribution in [2.24, 2.45) is 5.92 Å². The Hall–Kier alpha value is -2.21. The fourth-order valence-corrected chi connectivity index (χ4v) is 3.15. The molecule has 134 valence electrons. The Bertz CT molecular complexity index is 708. The second kappa shape index (κ2) is 7.78. The number of nitrogens with zero attached hydrogens (tertiary/aromatic N) is 3. The number of aryl methyl sites for hydroxylation is 1. The van der Waals surface area contributed by atoms with E-state index in [1.165, 1.54) is 5.56 Å². The number of carbonyl (C=O) groups is 1. The zero-order chi connectivity index (χ0) is 17.8. The third-order valence-corrected chi connectivity index (χ3v) is 4.44. The van der Waals surface area contributed by atoms with Crippen molar-refractivity contribution >= 4 is 5.91 Å². The van der Waals surface area contributed by atoms with E-state index in [0.29, 0.717) is 18.3 Å².